The van der Waals surface area contributed by atoms with E-state index in [9.17, 15) is 18.3 Å². The predicted molar refractivity (Wildman–Crippen MR) is 72.2 cm³/mol. The maximum absolute atomic E-state index is 12.6. The lowest BCUT2D eigenvalue weighted by atomic mass is 9.96. The summed E-state index contributed by atoms with van der Waals surface area (Å²) in [5, 5.41) is 12.6. The summed E-state index contributed by atoms with van der Waals surface area (Å²) in [5.74, 6) is -0.0904. The minimum Gasteiger partial charge on any atom is -0.391 e. The molecule has 0 amide bonds. The normalized spacial score (nSPS) is 13.6. The second kappa shape index (κ2) is 6.78. The van der Waals surface area contributed by atoms with Crippen LogP contribution in [0.25, 0.3) is 0 Å². The topological polar surface area (TPSA) is 71.2 Å². The van der Waals surface area contributed by atoms with Gasteiger partial charge in [-0.05, 0) is 18.1 Å². The van der Waals surface area contributed by atoms with Crippen LogP contribution in [0.15, 0.2) is 12.1 Å². The number of pyridine rings is 1. The summed E-state index contributed by atoms with van der Waals surface area (Å²) in [5.41, 5.74) is 4.50. The van der Waals surface area contributed by atoms with Crippen LogP contribution in [0.4, 0.5) is 24.8 Å². The Bertz CT molecular complexity index is 433. The number of hydrogen-bond donors (Lipinski definition) is 3. The molecule has 7 heteroatoms. The van der Waals surface area contributed by atoms with Gasteiger partial charge in [-0.2, -0.15) is 13.2 Å². The van der Waals surface area contributed by atoms with Crippen molar-refractivity contribution in [3.05, 3.63) is 17.7 Å². The number of nitrogens with two attached hydrogens (primary N) is 1. The van der Waals surface area contributed by atoms with Crippen molar-refractivity contribution in [2.45, 2.75) is 39.0 Å². The number of aliphatic hydroxyl groups is 1. The number of nitrogens with one attached hydrogen (secondary N) is 1. The number of anilines is 2. The zero-order valence-electron chi connectivity index (χ0n) is 11.5. The summed E-state index contributed by atoms with van der Waals surface area (Å²) in [6.07, 6.45) is -3.50. The van der Waals surface area contributed by atoms with Crippen molar-refractivity contribution in [1.82, 2.24) is 4.98 Å². The van der Waals surface area contributed by atoms with E-state index in [4.69, 9.17) is 5.73 Å². The Hall–Kier alpha value is -1.50. The van der Waals surface area contributed by atoms with E-state index in [1.54, 1.807) is 0 Å². The molecule has 0 spiro atoms. The van der Waals surface area contributed by atoms with Crippen molar-refractivity contribution >= 4 is 11.6 Å². The quantitative estimate of drug-likeness (QED) is 0.753. The molecular weight excluding hydrogens is 271 g/mol. The van der Waals surface area contributed by atoms with Crippen LogP contribution in [0.3, 0.4) is 0 Å². The molecule has 4 N–H and O–H groups in total. The van der Waals surface area contributed by atoms with Crippen molar-refractivity contribution in [3.8, 4) is 0 Å². The molecule has 1 aromatic heterocycles. The molecule has 20 heavy (non-hydrogen) atoms. The van der Waals surface area contributed by atoms with E-state index in [2.05, 4.69) is 10.3 Å². The molecule has 0 aliphatic carbocycles. The molecule has 0 saturated carbocycles. The number of nitrogen functional groups attached to an aromatic ring is 1. The van der Waals surface area contributed by atoms with Gasteiger partial charge in [-0.15, -0.1) is 0 Å². The molecule has 114 valence electrons. The Kier molecular flexibility index (Phi) is 5.62. The fraction of sp³-hybridized carbons (Fsp3) is 0.615. The molecular formula is C13H20F3N3O. The number of rotatable bonds is 6. The van der Waals surface area contributed by atoms with Crippen molar-refractivity contribution in [1.29, 1.82) is 0 Å². The Morgan fingerprint density at radius 1 is 1.30 bits per heavy atom. The van der Waals surface area contributed by atoms with E-state index in [1.165, 1.54) is 0 Å². The molecule has 1 rings (SSSR count). The number of hydrogen-bond acceptors (Lipinski definition) is 4. The zero-order valence-corrected chi connectivity index (χ0v) is 11.5. The molecule has 1 heterocycles. The number of aliphatic hydroxyl groups excluding tert-OH is 1. The Morgan fingerprint density at radius 2 is 1.90 bits per heavy atom. The lowest BCUT2D eigenvalue weighted by Gasteiger charge is -2.21. The van der Waals surface area contributed by atoms with Crippen molar-refractivity contribution in [2.24, 2.45) is 5.92 Å². The number of alkyl halides is 3. The maximum Gasteiger partial charge on any atom is 0.416 e. The molecule has 0 fully saturated rings. The summed E-state index contributed by atoms with van der Waals surface area (Å²) < 4.78 is 37.9. The summed E-state index contributed by atoms with van der Waals surface area (Å²) in [6.45, 7) is 4.05. The largest absolute Gasteiger partial charge is 0.416 e. The van der Waals surface area contributed by atoms with Gasteiger partial charge < -0.3 is 16.2 Å². The van der Waals surface area contributed by atoms with Gasteiger partial charge in [-0.3, -0.25) is 0 Å². The first-order valence-electron chi connectivity index (χ1n) is 6.54. The second-order valence-electron chi connectivity index (χ2n) is 4.69. The van der Waals surface area contributed by atoms with Gasteiger partial charge >= 0.3 is 6.18 Å². The number of halogens is 3. The third kappa shape index (κ3) is 4.56. The van der Waals surface area contributed by atoms with E-state index in [0.29, 0.717) is 0 Å². The van der Waals surface area contributed by atoms with Gasteiger partial charge in [-0.25, -0.2) is 4.98 Å². The molecule has 0 bridgehead atoms. The van der Waals surface area contributed by atoms with Crippen LogP contribution in [0.5, 0.6) is 0 Å². The van der Waals surface area contributed by atoms with E-state index < -0.39 is 17.8 Å². The first-order valence-corrected chi connectivity index (χ1v) is 6.54. The van der Waals surface area contributed by atoms with Crippen molar-refractivity contribution < 1.29 is 18.3 Å². The molecule has 1 aromatic rings. The third-order valence-corrected chi connectivity index (χ3v) is 3.26. The van der Waals surface area contributed by atoms with Crippen LogP contribution in [0.1, 0.15) is 32.3 Å². The van der Waals surface area contributed by atoms with Crippen LogP contribution >= 0.6 is 0 Å². The first kappa shape index (κ1) is 16.6. The first-order chi connectivity index (χ1) is 9.27. The van der Waals surface area contributed by atoms with Gasteiger partial charge in [0, 0.05) is 6.54 Å². The summed E-state index contributed by atoms with van der Waals surface area (Å²) in [4.78, 5) is 3.79. The monoisotopic (exact) mass is 291 g/mol. The fourth-order valence-corrected chi connectivity index (χ4v) is 2.01. The van der Waals surface area contributed by atoms with Crippen LogP contribution in [0, 0.1) is 5.92 Å². The third-order valence-electron chi connectivity index (χ3n) is 3.26. The Morgan fingerprint density at radius 3 is 2.40 bits per heavy atom. The molecule has 4 nitrogen and oxygen atoms in total. The molecule has 0 aliphatic rings. The van der Waals surface area contributed by atoms with E-state index >= 15 is 0 Å². The molecule has 1 unspecified atom stereocenters. The predicted octanol–water partition coefficient (Wildman–Crippen LogP) is 2.89. The van der Waals surface area contributed by atoms with E-state index in [0.717, 1.165) is 25.0 Å². The van der Waals surface area contributed by atoms with Crippen LogP contribution in [0.2, 0.25) is 0 Å². The van der Waals surface area contributed by atoms with Gasteiger partial charge in [0.1, 0.15) is 11.6 Å². The van der Waals surface area contributed by atoms with Gasteiger partial charge in [-0.1, -0.05) is 26.7 Å². The minimum atomic E-state index is -4.47. The summed E-state index contributed by atoms with van der Waals surface area (Å²) in [7, 11) is 0. The van der Waals surface area contributed by atoms with Crippen LogP contribution in [-0.4, -0.2) is 22.7 Å². The standard InChI is InChI=1S/C13H20F3N3O/c1-3-8(4-2)10(20)7-18-12-6-9(13(14,15)16)5-11(17)19-12/h5-6,8,10,20H,3-4,7H2,1-2H3,(H3,17,18,19). The highest BCUT2D eigenvalue weighted by atomic mass is 19.4. The number of nitrogens with zero attached hydrogens (tertiary/aromatic N) is 1. The smallest absolute Gasteiger partial charge is 0.391 e. The molecule has 0 aliphatic heterocycles. The molecule has 1 atom stereocenters. The van der Waals surface area contributed by atoms with Gasteiger partial charge in [0.25, 0.3) is 0 Å². The number of aromatic nitrogens is 1. The lowest BCUT2D eigenvalue weighted by Crippen LogP contribution is -2.28. The van der Waals surface area contributed by atoms with Crippen molar-refractivity contribution in [2.75, 3.05) is 17.6 Å². The summed E-state index contributed by atoms with van der Waals surface area (Å²) >= 11 is 0. The van der Waals surface area contributed by atoms with E-state index in [1.807, 2.05) is 13.8 Å². The Balaban J connectivity index is 2.76. The molecule has 0 aromatic carbocycles. The molecule has 0 radical (unpaired) electrons. The highest BCUT2D eigenvalue weighted by Crippen LogP contribution is 2.31. The van der Waals surface area contributed by atoms with Gasteiger partial charge in [0.05, 0.1) is 11.7 Å². The Labute approximate surface area is 116 Å². The minimum absolute atomic E-state index is 0.0160. The fourth-order valence-electron chi connectivity index (χ4n) is 2.01. The lowest BCUT2D eigenvalue weighted by molar-refractivity contribution is -0.137. The highest BCUT2D eigenvalue weighted by Gasteiger charge is 2.31. The molecule has 0 saturated heterocycles. The maximum atomic E-state index is 12.6. The zero-order chi connectivity index (χ0) is 15.3. The average molecular weight is 291 g/mol. The van der Waals surface area contributed by atoms with Gasteiger partial charge in [0.15, 0.2) is 0 Å². The SMILES string of the molecule is CCC(CC)C(O)CNc1cc(C(F)(F)F)cc(N)n1. The van der Waals surface area contributed by atoms with E-state index in [-0.39, 0.29) is 24.1 Å². The van der Waals surface area contributed by atoms with Crippen LogP contribution < -0.4 is 11.1 Å². The second-order valence-corrected chi connectivity index (χ2v) is 4.69. The van der Waals surface area contributed by atoms with Crippen molar-refractivity contribution in [3.63, 3.8) is 0 Å². The highest BCUT2D eigenvalue weighted by molar-refractivity contribution is 5.47. The van der Waals surface area contributed by atoms with Gasteiger partial charge in [0.2, 0.25) is 0 Å². The average Bonchev–Trinajstić information content (AvgIpc) is 2.36. The summed E-state index contributed by atoms with van der Waals surface area (Å²) in [6, 6.07) is 1.67. The van der Waals surface area contributed by atoms with Crippen LogP contribution in [-0.2, 0) is 6.18 Å².